The normalized spacial score (nSPS) is 11.5. The van der Waals surface area contributed by atoms with Gasteiger partial charge in [-0.25, -0.2) is 0 Å². The van der Waals surface area contributed by atoms with Gasteiger partial charge >= 0.3 is 0 Å². The lowest BCUT2D eigenvalue weighted by atomic mass is 9.97. The SMILES string of the molecule is Cc1ccc(-c2ccc(-c3ccc4c(c3)c3cc(-c5ccc(N(c6ccccc6)c6ccc(-n7c8ccccc8c8ccccc87)cc6)cc5)ccc3n4-c3ccccc3)cc2)cc1.c1ccc(N(c2ccc(-c3ccc4c(c3)c3cc(-c5ccc(-c6ccc7ccccc7c6)cc5)ccc3n4-c3ccccc3)cc2)c2ccc(-n3c4ccccc4c4ccccc43)cc2)cc1. The van der Waals surface area contributed by atoms with E-state index in [1.54, 1.807) is 0 Å². The molecule has 6 heteroatoms. The molecule has 0 saturated heterocycles. The van der Waals surface area contributed by atoms with Crippen LogP contribution < -0.4 is 9.80 Å². The van der Waals surface area contributed by atoms with Crippen LogP contribution >= 0.6 is 0 Å². The van der Waals surface area contributed by atoms with Gasteiger partial charge in [0.15, 0.2) is 0 Å². The largest absolute Gasteiger partial charge is 0.311 e. The Morgan fingerprint density at radius 3 is 0.664 bits per heavy atom. The van der Waals surface area contributed by atoms with Crippen molar-refractivity contribution < 1.29 is 0 Å². The van der Waals surface area contributed by atoms with Gasteiger partial charge in [0.25, 0.3) is 0 Å². The van der Waals surface area contributed by atoms with Gasteiger partial charge in [0.2, 0.25) is 0 Å². The van der Waals surface area contributed by atoms with Crippen LogP contribution in [0.15, 0.2) is 504 Å². The first-order valence-corrected chi connectivity index (χ1v) is 45.0. The number of fused-ring (bicyclic) bond motifs is 13. The summed E-state index contributed by atoms with van der Waals surface area (Å²) in [6, 6.07) is 183. The first-order valence-electron chi connectivity index (χ1n) is 45.0. The number of aryl methyl sites for hydroxylation is 1. The van der Waals surface area contributed by atoms with E-state index in [-0.39, 0.29) is 0 Å². The molecule has 0 N–H and O–H groups in total. The van der Waals surface area contributed by atoms with Crippen LogP contribution in [-0.2, 0) is 0 Å². The monoisotopic (exact) mass is 1670 g/mol. The molecule has 616 valence electrons. The van der Waals surface area contributed by atoms with Gasteiger partial charge in [0, 0.05) is 100.0 Å². The maximum Gasteiger partial charge on any atom is 0.0541 e. The molecule has 0 spiro atoms. The quantitative estimate of drug-likeness (QED) is 0.0964. The van der Waals surface area contributed by atoms with E-state index in [0.717, 1.165) is 56.9 Å². The minimum absolute atomic E-state index is 1.09. The molecule has 4 heterocycles. The van der Waals surface area contributed by atoms with E-state index in [9.17, 15) is 0 Å². The van der Waals surface area contributed by atoms with Crippen LogP contribution in [0.25, 0.3) is 188 Å². The van der Waals surface area contributed by atoms with Crippen LogP contribution in [0.3, 0.4) is 0 Å². The van der Waals surface area contributed by atoms with Gasteiger partial charge in [-0.3, -0.25) is 0 Å². The highest BCUT2D eigenvalue weighted by Crippen LogP contribution is 2.46. The Balaban J connectivity index is 0.000000145. The molecule has 21 aromatic carbocycles. The minimum atomic E-state index is 1.09. The third kappa shape index (κ3) is 14.1. The first-order chi connectivity index (χ1) is 64.9. The summed E-state index contributed by atoms with van der Waals surface area (Å²) in [5, 5.41) is 12.5. The highest BCUT2D eigenvalue weighted by molar-refractivity contribution is 6.15. The van der Waals surface area contributed by atoms with Crippen LogP contribution in [-0.4, -0.2) is 18.3 Å². The second-order valence-electron chi connectivity index (χ2n) is 34.1. The summed E-state index contributed by atoms with van der Waals surface area (Å²) in [5.74, 6) is 0. The van der Waals surface area contributed by atoms with Crippen molar-refractivity contribution in [2.24, 2.45) is 0 Å². The van der Waals surface area contributed by atoms with Crippen LogP contribution in [0.5, 0.6) is 0 Å². The summed E-state index contributed by atoms with van der Waals surface area (Å²) >= 11 is 0. The third-order valence-electron chi connectivity index (χ3n) is 26.3. The zero-order valence-corrected chi connectivity index (χ0v) is 72.1. The Morgan fingerprint density at radius 1 is 0.137 bits per heavy atom. The zero-order valence-electron chi connectivity index (χ0n) is 72.1. The van der Waals surface area contributed by atoms with Crippen LogP contribution in [0.2, 0.25) is 0 Å². The Bertz CT molecular complexity index is 8460. The van der Waals surface area contributed by atoms with Crippen LogP contribution in [0.1, 0.15) is 5.56 Å². The Morgan fingerprint density at radius 2 is 0.344 bits per heavy atom. The lowest BCUT2D eigenvalue weighted by molar-refractivity contribution is 1.17. The van der Waals surface area contributed by atoms with Gasteiger partial charge in [-0.05, 0) is 285 Å². The molecular weight excluding hydrogens is 1590 g/mol. The summed E-state index contributed by atoms with van der Waals surface area (Å²) in [4.78, 5) is 4.68. The predicted molar refractivity (Wildman–Crippen MR) is 554 cm³/mol. The van der Waals surface area contributed by atoms with E-state index < -0.39 is 0 Å². The smallest absolute Gasteiger partial charge is 0.0541 e. The van der Waals surface area contributed by atoms with Crippen molar-refractivity contribution in [2.45, 2.75) is 6.92 Å². The molecule has 25 aromatic rings. The van der Waals surface area contributed by atoms with E-state index in [1.165, 1.54) is 170 Å². The van der Waals surface area contributed by atoms with E-state index in [0.29, 0.717) is 0 Å². The number of benzene rings is 21. The van der Waals surface area contributed by atoms with E-state index >= 15 is 0 Å². The van der Waals surface area contributed by atoms with Crippen molar-refractivity contribution in [1.82, 2.24) is 18.3 Å². The summed E-state index contributed by atoms with van der Waals surface area (Å²) in [5.41, 5.74) is 36.4. The molecule has 0 aliphatic rings. The minimum Gasteiger partial charge on any atom is -0.311 e. The summed E-state index contributed by atoms with van der Waals surface area (Å²) < 4.78 is 9.53. The maximum absolute atomic E-state index is 2.40. The topological polar surface area (TPSA) is 26.2 Å². The molecule has 4 aromatic heterocycles. The average Bonchev–Trinajstić information content (AvgIpc) is 1.60. The molecule has 6 nitrogen and oxygen atoms in total. The molecule has 0 amide bonds. The Kier molecular flexibility index (Phi) is 19.4. The second kappa shape index (κ2) is 32.9. The second-order valence-corrected chi connectivity index (χ2v) is 34.1. The van der Waals surface area contributed by atoms with Crippen molar-refractivity contribution in [3.05, 3.63) is 509 Å². The van der Waals surface area contributed by atoms with Crippen molar-refractivity contribution in [2.75, 3.05) is 9.80 Å². The molecule has 0 atom stereocenters. The van der Waals surface area contributed by atoms with Gasteiger partial charge < -0.3 is 28.1 Å². The molecule has 0 fully saturated rings. The lowest BCUT2D eigenvalue weighted by Gasteiger charge is -2.26. The molecule has 0 aliphatic carbocycles. The molecule has 0 saturated carbocycles. The van der Waals surface area contributed by atoms with Crippen LogP contribution in [0, 0.1) is 6.92 Å². The molecule has 0 radical (unpaired) electrons. The summed E-state index contributed by atoms with van der Waals surface area (Å²) in [6.45, 7) is 2.13. The third-order valence-corrected chi connectivity index (χ3v) is 26.3. The molecule has 0 unspecified atom stereocenters. The number of hydrogen-bond donors (Lipinski definition) is 0. The predicted octanol–water partition coefficient (Wildman–Crippen LogP) is 34.2. The van der Waals surface area contributed by atoms with Gasteiger partial charge in [-0.2, -0.15) is 0 Å². The van der Waals surface area contributed by atoms with E-state index in [1.807, 2.05) is 0 Å². The van der Waals surface area contributed by atoms with E-state index in [4.69, 9.17) is 0 Å². The number of hydrogen-bond acceptors (Lipinski definition) is 2. The van der Waals surface area contributed by atoms with Gasteiger partial charge in [0.05, 0.1) is 44.1 Å². The highest BCUT2D eigenvalue weighted by Gasteiger charge is 2.23. The molecular formula is C125H86N6. The number of nitrogens with zero attached hydrogens (tertiary/aromatic N) is 6. The number of aromatic nitrogens is 4. The fraction of sp³-hybridized carbons (Fsp3) is 0.00800. The zero-order chi connectivity index (χ0) is 86.8. The van der Waals surface area contributed by atoms with Crippen LogP contribution in [0.4, 0.5) is 34.1 Å². The average molecular weight is 1670 g/mol. The molecule has 131 heavy (non-hydrogen) atoms. The Hall–Kier alpha value is -17.3. The van der Waals surface area contributed by atoms with Crippen molar-refractivity contribution in [3.63, 3.8) is 0 Å². The van der Waals surface area contributed by atoms with Gasteiger partial charge in [0.1, 0.15) is 0 Å². The number of anilines is 6. The van der Waals surface area contributed by atoms with Gasteiger partial charge in [-0.15, -0.1) is 0 Å². The fourth-order valence-corrected chi connectivity index (χ4v) is 19.9. The maximum atomic E-state index is 2.40. The number of rotatable bonds is 16. The fourth-order valence-electron chi connectivity index (χ4n) is 19.9. The summed E-state index contributed by atoms with van der Waals surface area (Å²) in [6.07, 6.45) is 0. The molecule has 0 bridgehead atoms. The van der Waals surface area contributed by atoms with Crippen molar-refractivity contribution >= 4 is 132 Å². The van der Waals surface area contributed by atoms with Gasteiger partial charge in [-0.1, -0.05) is 309 Å². The van der Waals surface area contributed by atoms with E-state index in [2.05, 4.69) is 539 Å². The van der Waals surface area contributed by atoms with Crippen molar-refractivity contribution in [3.8, 4) is 89.5 Å². The molecule has 0 aliphatic heterocycles. The molecule has 25 rings (SSSR count). The Labute approximate surface area is 760 Å². The summed E-state index contributed by atoms with van der Waals surface area (Å²) in [7, 11) is 0. The standard InChI is InChI=1S/C64H43N3.C61H43N3/c1-3-15-52(16-4-1)65(55-35-37-56(38-36-55)67-61-21-11-9-19-57(61)58-20-10-12-22-62(58)67)54-33-29-47(30-34-54)51-32-40-64-60(43-51)59-42-50(31-39-63(59)66(64)53-17-5-2-6-18-53)46-25-23-45(24-26-46)49-28-27-44-13-7-8-14-48(44)41-49;1-42-20-22-43(23-21-42)44-24-26-45(27-25-44)47-30-38-60-56(40-47)57-41-48(31-39-61(57)63(60)50-14-6-3-7-15-50)46-28-32-51(33-29-46)62(49-12-4-2-5-13-49)52-34-36-53(37-35-52)64-58-18-10-8-16-54(58)55-17-9-11-19-59(55)64/h1-43H;2-41H,1H3. The highest BCUT2D eigenvalue weighted by atomic mass is 15.2. The first kappa shape index (κ1) is 77.3. The number of para-hydroxylation sites is 8. The lowest BCUT2D eigenvalue weighted by Crippen LogP contribution is -2.10. The van der Waals surface area contributed by atoms with Crippen molar-refractivity contribution in [1.29, 1.82) is 0 Å².